The average molecular weight is 279 g/mol. The second-order valence-corrected chi connectivity index (χ2v) is 5.84. The summed E-state index contributed by atoms with van der Waals surface area (Å²) in [7, 11) is 0. The first-order valence-electron chi connectivity index (χ1n) is 6.82. The van der Waals surface area contributed by atoms with Crippen LogP contribution >= 0.6 is 11.8 Å². The Morgan fingerprint density at radius 2 is 2.21 bits per heavy atom. The van der Waals surface area contributed by atoms with Crippen molar-refractivity contribution in [3.63, 3.8) is 0 Å². The zero-order chi connectivity index (χ0) is 13.8. The van der Waals surface area contributed by atoms with Crippen LogP contribution in [0.2, 0.25) is 0 Å². The van der Waals surface area contributed by atoms with Gasteiger partial charge in [0, 0.05) is 18.0 Å². The molecular formula is C15H21NO2S. The molecule has 0 amide bonds. The third-order valence-electron chi connectivity index (χ3n) is 3.86. The van der Waals surface area contributed by atoms with Crippen molar-refractivity contribution in [1.82, 2.24) is 0 Å². The van der Waals surface area contributed by atoms with E-state index in [9.17, 15) is 9.90 Å². The lowest BCUT2D eigenvalue weighted by Gasteiger charge is -2.34. The molecule has 0 saturated heterocycles. The molecule has 0 unspecified atom stereocenters. The number of thioether (sulfide) groups is 1. The maximum atomic E-state index is 11.6. The first-order chi connectivity index (χ1) is 9.17. The summed E-state index contributed by atoms with van der Waals surface area (Å²) in [5.74, 6) is -0.0912. The number of rotatable bonds is 6. The van der Waals surface area contributed by atoms with Gasteiger partial charge >= 0.3 is 5.97 Å². The lowest BCUT2D eigenvalue weighted by atomic mass is 9.85. The van der Waals surface area contributed by atoms with E-state index in [1.807, 2.05) is 24.5 Å². The van der Waals surface area contributed by atoms with Crippen LogP contribution in [-0.2, 0) is 0 Å². The first kappa shape index (κ1) is 14.3. The van der Waals surface area contributed by atoms with Gasteiger partial charge in [0.2, 0.25) is 0 Å². The summed E-state index contributed by atoms with van der Waals surface area (Å²) < 4.78 is 0. The summed E-state index contributed by atoms with van der Waals surface area (Å²) >= 11 is 1.50. The van der Waals surface area contributed by atoms with E-state index in [0.717, 1.165) is 29.6 Å². The van der Waals surface area contributed by atoms with E-state index in [1.54, 1.807) is 0 Å². The third-order valence-corrected chi connectivity index (χ3v) is 4.64. The molecule has 0 bridgehead atoms. The van der Waals surface area contributed by atoms with Crippen molar-refractivity contribution in [1.29, 1.82) is 0 Å². The summed E-state index contributed by atoms with van der Waals surface area (Å²) in [4.78, 5) is 14.6. The quantitative estimate of drug-likeness (QED) is 0.805. The SMILES string of the molecule is CCN(CC1CCC1)c1cccc(SC)c1C(=O)O. The summed E-state index contributed by atoms with van der Waals surface area (Å²) in [6.07, 6.45) is 5.80. The molecule has 2 rings (SSSR count). The predicted molar refractivity (Wildman–Crippen MR) is 80.4 cm³/mol. The molecular weight excluding hydrogens is 258 g/mol. The van der Waals surface area contributed by atoms with Crippen LogP contribution in [0, 0.1) is 5.92 Å². The molecule has 104 valence electrons. The van der Waals surface area contributed by atoms with Crippen molar-refractivity contribution in [3.8, 4) is 0 Å². The molecule has 0 aromatic heterocycles. The van der Waals surface area contributed by atoms with Crippen molar-refractivity contribution < 1.29 is 9.90 Å². The topological polar surface area (TPSA) is 40.5 Å². The van der Waals surface area contributed by atoms with Gasteiger partial charge in [-0.25, -0.2) is 4.79 Å². The fraction of sp³-hybridized carbons (Fsp3) is 0.533. The molecule has 0 spiro atoms. The standard InChI is InChI=1S/C15H21NO2S/c1-3-16(10-11-6-4-7-11)12-8-5-9-13(19-2)14(12)15(17)18/h5,8-9,11H,3-4,6-7,10H2,1-2H3,(H,17,18). The van der Waals surface area contributed by atoms with Crippen LogP contribution in [0.4, 0.5) is 5.69 Å². The van der Waals surface area contributed by atoms with Crippen LogP contribution in [0.3, 0.4) is 0 Å². The highest BCUT2D eigenvalue weighted by Crippen LogP contribution is 2.33. The van der Waals surface area contributed by atoms with Gasteiger partial charge in [-0.3, -0.25) is 0 Å². The van der Waals surface area contributed by atoms with E-state index in [1.165, 1.54) is 31.0 Å². The van der Waals surface area contributed by atoms with E-state index in [2.05, 4.69) is 11.8 Å². The summed E-state index contributed by atoms with van der Waals surface area (Å²) in [6, 6.07) is 5.77. The van der Waals surface area contributed by atoms with Crippen molar-refractivity contribution in [2.24, 2.45) is 5.92 Å². The minimum Gasteiger partial charge on any atom is -0.478 e. The largest absolute Gasteiger partial charge is 0.478 e. The molecule has 19 heavy (non-hydrogen) atoms. The van der Waals surface area contributed by atoms with E-state index < -0.39 is 5.97 Å². The normalized spacial score (nSPS) is 15.1. The van der Waals surface area contributed by atoms with E-state index >= 15 is 0 Å². The Bertz CT molecular complexity index is 457. The molecule has 0 atom stereocenters. The van der Waals surface area contributed by atoms with E-state index in [0.29, 0.717) is 5.56 Å². The number of hydrogen-bond acceptors (Lipinski definition) is 3. The van der Waals surface area contributed by atoms with Crippen molar-refractivity contribution >= 4 is 23.4 Å². The van der Waals surface area contributed by atoms with Crippen LogP contribution < -0.4 is 4.90 Å². The lowest BCUT2D eigenvalue weighted by Crippen LogP contribution is -2.33. The summed E-state index contributed by atoms with van der Waals surface area (Å²) in [6.45, 7) is 3.93. The molecule has 1 saturated carbocycles. The van der Waals surface area contributed by atoms with Crippen molar-refractivity contribution in [2.45, 2.75) is 31.1 Å². The van der Waals surface area contributed by atoms with Crippen LogP contribution in [-0.4, -0.2) is 30.4 Å². The molecule has 0 heterocycles. The number of carboxylic acid groups (broad SMARTS) is 1. The number of carbonyl (C=O) groups is 1. The van der Waals surface area contributed by atoms with Gasteiger partial charge in [-0.1, -0.05) is 12.5 Å². The molecule has 1 aliphatic rings. The number of aromatic carboxylic acids is 1. The zero-order valence-corrected chi connectivity index (χ0v) is 12.4. The van der Waals surface area contributed by atoms with Gasteiger partial charge in [-0.15, -0.1) is 11.8 Å². The Balaban J connectivity index is 2.32. The summed E-state index contributed by atoms with van der Waals surface area (Å²) in [5, 5.41) is 9.49. The number of carboxylic acids is 1. The van der Waals surface area contributed by atoms with E-state index in [4.69, 9.17) is 0 Å². The number of benzene rings is 1. The summed E-state index contributed by atoms with van der Waals surface area (Å²) in [5.41, 5.74) is 1.32. The Morgan fingerprint density at radius 3 is 2.68 bits per heavy atom. The van der Waals surface area contributed by atoms with Crippen LogP contribution in [0.5, 0.6) is 0 Å². The highest BCUT2D eigenvalue weighted by atomic mass is 32.2. The second kappa shape index (κ2) is 6.33. The number of nitrogens with zero attached hydrogens (tertiary/aromatic N) is 1. The Hall–Kier alpha value is -1.16. The van der Waals surface area contributed by atoms with Gasteiger partial charge in [0.25, 0.3) is 0 Å². The van der Waals surface area contributed by atoms with Gasteiger partial charge in [-0.05, 0) is 44.1 Å². The Morgan fingerprint density at radius 1 is 1.47 bits per heavy atom. The second-order valence-electron chi connectivity index (χ2n) is 5.00. The molecule has 0 aliphatic heterocycles. The molecule has 1 fully saturated rings. The lowest BCUT2D eigenvalue weighted by molar-refractivity contribution is 0.0693. The van der Waals surface area contributed by atoms with E-state index in [-0.39, 0.29) is 0 Å². The minimum atomic E-state index is -0.827. The van der Waals surface area contributed by atoms with Crippen LogP contribution in [0.25, 0.3) is 0 Å². The van der Waals surface area contributed by atoms with Crippen LogP contribution in [0.1, 0.15) is 36.5 Å². The highest BCUT2D eigenvalue weighted by Gasteiger charge is 2.24. The molecule has 1 N–H and O–H groups in total. The fourth-order valence-corrected chi connectivity index (χ4v) is 3.16. The average Bonchev–Trinajstić information content (AvgIpc) is 2.36. The molecule has 4 heteroatoms. The molecule has 1 aromatic rings. The zero-order valence-electron chi connectivity index (χ0n) is 11.6. The first-order valence-corrected chi connectivity index (χ1v) is 8.05. The van der Waals surface area contributed by atoms with Crippen molar-refractivity contribution in [2.75, 3.05) is 24.2 Å². The van der Waals surface area contributed by atoms with Crippen LogP contribution in [0.15, 0.2) is 23.1 Å². The molecule has 3 nitrogen and oxygen atoms in total. The van der Waals surface area contributed by atoms with Gasteiger partial charge in [0.05, 0.1) is 11.3 Å². The number of anilines is 1. The highest BCUT2D eigenvalue weighted by molar-refractivity contribution is 7.98. The smallest absolute Gasteiger partial charge is 0.338 e. The maximum absolute atomic E-state index is 11.6. The maximum Gasteiger partial charge on any atom is 0.338 e. The molecule has 0 radical (unpaired) electrons. The Kier molecular flexibility index (Phi) is 4.75. The molecule has 1 aliphatic carbocycles. The van der Waals surface area contributed by atoms with Gasteiger partial charge in [-0.2, -0.15) is 0 Å². The van der Waals surface area contributed by atoms with Crippen molar-refractivity contribution in [3.05, 3.63) is 23.8 Å². The monoisotopic (exact) mass is 279 g/mol. The van der Waals surface area contributed by atoms with Gasteiger partial charge < -0.3 is 10.0 Å². The van der Waals surface area contributed by atoms with Gasteiger partial charge in [0.15, 0.2) is 0 Å². The number of hydrogen-bond donors (Lipinski definition) is 1. The molecule has 1 aromatic carbocycles. The van der Waals surface area contributed by atoms with Gasteiger partial charge in [0.1, 0.15) is 0 Å². The fourth-order valence-electron chi connectivity index (χ4n) is 2.55. The predicted octanol–water partition coefficient (Wildman–Crippen LogP) is 3.73. The Labute approximate surface area is 119 Å². The minimum absolute atomic E-state index is 0.455. The third kappa shape index (κ3) is 3.06.